The van der Waals surface area contributed by atoms with Crippen LogP contribution in [0.2, 0.25) is 0 Å². The second-order valence-corrected chi connectivity index (χ2v) is 12.5. The zero-order valence-corrected chi connectivity index (χ0v) is 20.9. The third-order valence-corrected chi connectivity index (χ3v) is 7.36. The van der Waals surface area contributed by atoms with Crippen molar-refractivity contribution in [3.8, 4) is 0 Å². The normalized spacial score (nSPS) is 27.7. The molecule has 0 radical (unpaired) electrons. The minimum atomic E-state index is -9.87. The number of guanidine groups is 1. The minimum absolute atomic E-state index is 0.0712. The van der Waals surface area contributed by atoms with Crippen molar-refractivity contribution in [2.75, 3.05) is 20.3 Å². The average molecular weight is 528 g/mol. The van der Waals surface area contributed by atoms with Crippen molar-refractivity contribution in [3.63, 3.8) is 0 Å². The van der Waals surface area contributed by atoms with Crippen molar-refractivity contribution in [1.29, 1.82) is 0 Å². The molecular formula is C22H30F5N3O4S. The Morgan fingerprint density at radius 3 is 2.17 bits per heavy atom. The summed E-state index contributed by atoms with van der Waals surface area (Å²) in [7, 11) is -8.51. The van der Waals surface area contributed by atoms with Gasteiger partial charge < -0.3 is 14.8 Å². The molecule has 1 aromatic carbocycles. The first-order valence-corrected chi connectivity index (χ1v) is 13.0. The number of nitrogens with zero attached hydrogens (tertiary/aromatic N) is 2. The van der Waals surface area contributed by atoms with Crippen LogP contribution in [0.3, 0.4) is 0 Å². The monoisotopic (exact) mass is 527 g/mol. The minimum Gasteiger partial charge on any atom is -0.442 e. The van der Waals surface area contributed by atoms with Crippen molar-refractivity contribution in [2.24, 2.45) is 10.9 Å². The quantitative estimate of drug-likeness (QED) is 0.491. The fourth-order valence-electron chi connectivity index (χ4n) is 4.47. The summed E-state index contributed by atoms with van der Waals surface area (Å²) in [5.41, 5.74) is -1.80. The molecule has 0 saturated carbocycles. The number of nitrogens with one attached hydrogen (secondary N) is 1. The second kappa shape index (κ2) is 8.05. The van der Waals surface area contributed by atoms with Crippen LogP contribution in [0, 0.1) is 5.92 Å². The number of aliphatic imine (C=N–C) groups is 1. The molecule has 1 N–H and O–H groups in total. The Labute approximate surface area is 200 Å². The van der Waals surface area contributed by atoms with Gasteiger partial charge in [-0.3, -0.25) is 9.69 Å². The molecule has 2 heterocycles. The average Bonchev–Trinajstić information content (AvgIpc) is 2.70. The molecular weight excluding hydrogens is 497 g/mol. The molecule has 0 spiro atoms. The van der Waals surface area contributed by atoms with Crippen LogP contribution in [0.4, 0.5) is 24.2 Å². The Hall–Kier alpha value is -2.41. The lowest BCUT2D eigenvalue weighted by Gasteiger charge is -2.50. The third kappa shape index (κ3) is 6.05. The van der Waals surface area contributed by atoms with Crippen LogP contribution in [0.1, 0.15) is 52.0 Å². The molecule has 0 unspecified atom stereocenters. The molecule has 2 saturated heterocycles. The van der Waals surface area contributed by atoms with Gasteiger partial charge in [-0.15, -0.1) is 4.99 Å². The van der Waals surface area contributed by atoms with Gasteiger partial charge in [0.2, 0.25) is 11.9 Å². The highest BCUT2D eigenvalue weighted by Gasteiger charge is 2.65. The number of hydrogen-bond donors (Lipinski definition) is 1. The van der Waals surface area contributed by atoms with Crippen molar-refractivity contribution in [2.45, 2.75) is 62.5 Å². The summed E-state index contributed by atoms with van der Waals surface area (Å²) >= 11 is 0. The van der Waals surface area contributed by atoms with E-state index >= 15 is 0 Å². The molecule has 35 heavy (non-hydrogen) atoms. The zero-order valence-electron chi connectivity index (χ0n) is 20.1. The van der Waals surface area contributed by atoms with Gasteiger partial charge in [-0.25, -0.2) is 4.79 Å². The molecule has 2 aliphatic rings. The Morgan fingerprint density at radius 1 is 1.14 bits per heavy atom. The molecule has 7 nitrogen and oxygen atoms in total. The van der Waals surface area contributed by atoms with Crippen molar-refractivity contribution < 1.29 is 38.5 Å². The van der Waals surface area contributed by atoms with E-state index in [2.05, 4.69) is 10.3 Å². The molecule has 1 aromatic rings. The van der Waals surface area contributed by atoms with Crippen LogP contribution in [0.15, 0.2) is 34.2 Å². The second-order valence-electron chi connectivity index (χ2n) is 10.1. The lowest BCUT2D eigenvalue weighted by molar-refractivity contribution is -0.133. The number of benzene rings is 1. The van der Waals surface area contributed by atoms with Crippen molar-refractivity contribution in [1.82, 2.24) is 10.2 Å². The lowest BCUT2D eigenvalue weighted by Crippen LogP contribution is -2.68. The lowest BCUT2D eigenvalue weighted by atomic mass is 9.68. The smallest absolute Gasteiger partial charge is 0.437 e. The largest absolute Gasteiger partial charge is 0.442 e. The highest BCUT2D eigenvalue weighted by Crippen LogP contribution is 3.02. The molecule has 2 fully saturated rings. The molecule has 0 bridgehead atoms. The maximum absolute atomic E-state index is 13.5. The van der Waals surface area contributed by atoms with Crippen LogP contribution in [0.5, 0.6) is 0 Å². The molecule has 2 aliphatic heterocycles. The first-order chi connectivity index (χ1) is 15.7. The zero-order chi connectivity index (χ0) is 26.5. The Morgan fingerprint density at radius 2 is 1.69 bits per heavy atom. The number of rotatable bonds is 3. The summed E-state index contributed by atoms with van der Waals surface area (Å²) in [6.45, 7) is 7.49. The van der Waals surface area contributed by atoms with E-state index in [1.54, 1.807) is 27.7 Å². The standard InChI is InChI=1S/C22H30F5N3O4S/c1-21(2,3)34-20(32)28-19-29-22(4,15-10-12-33-13-11-15)17(18(31)30(19)5)14-6-8-16(9-7-14)35(23,24,25,26)27/h6-9,15,17H,10-13H2,1-5H3,(H,28,29,32)/t17-,22+/m0/s1. The highest BCUT2D eigenvalue weighted by atomic mass is 32.5. The van der Waals surface area contributed by atoms with Gasteiger partial charge in [0.05, 0.1) is 11.5 Å². The summed E-state index contributed by atoms with van der Waals surface area (Å²) in [5.74, 6) is -1.86. The summed E-state index contributed by atoms with van der Waals surface area (Å²) in [6.07, 6.45) is 0.133. The van der Waals surface area contributed by atoms with E-state index in [1.165, 1.54) is 7.05 Å². The SMILES string of the molecule is CN1C(=O)[C@H](c2ccc(S(F)(F)(F)(F)F)cc2)[C@@](C)(C2CCOCC2)N/C1=N\C(=O)OC(C)(C)C. The number of carbonyl (C=O) groups is 2. The van der Waals surface area contributed by atoms with E-state index in [4.69, 9.17) is 9.47 Å². The summed E-state index contributed by atoms with van der Waals surface area (Å²) in [6, 6.07) is 2.41. The van der Waals surface area contributed by atoms with E-state index in [1.807, 2.05) is 0 Å². The number of ether oxygens (including phenoxy) is 2. The van der Waals surface area contributed by atoms with Crippen LogP contribution in [0.25, 0.3) is 0 Å². The Bertz CT molecular complexity index is 1040. The van der Waals surface area contributed by atoms with E-state index in [9.17, 15) is 29.0 Å². The van der Waals surface area contributed by atoms with E-state index in [-0.39, 0.29) is 17.4 Å². The van der Waals surface area contributed by atoms with Gasteiger partial charge in [0.15, 0.2) is 0 Å². The number of hydrogen-bond acceptors (Lipinski definition) is 4. The maximum atomic E-state index is 13.5. The van der Waals surface area contributed by atoms with E-state index in [0.717, 1.165) is 17.0 Å². The van der Waals surface area contributed by atoms with E-state index < -0.39 is 44.2 Å². The van der Waals surface area contributed by atoms with Crippen LogP contribution < -0.4 is 5.32 Å². The maximum Gasteiger partial charge on any atom is 0.437 e. The summed E-state index contributed by atoms with van der Waals surface area (Å²) in [4.78, 5) is 28.8. The number of amides is 2. The van der Waals surface area contributed by atoms with Gasteiger partial charge in [-0.2, -0.15) is 0 Å². The first-order valence-electron chi connectivity index (χ1n) is 11.0. The predicted octanol–water partition coefficient (Wildman–Crippen LogP) is 5.97. The van der Waals surface area contributed by atoms with Gasteiger partial charge in [0.1, 0.15) is 10.5 Å². The van der Waals surface area contributed by atoms with Gasteiger partial charge in [-0.05, 0) is 64.2 Å². The Balaban J connectivity index is 2.05. The fraction of sp³-hybridized carbons (Fsp3) is 0.591. The molecule has 13 heteroatoms. The van der Waals surface area contributed by atoms with Gasteiger partial charge in [-0.1, -0.05) is 31.6 Å². The molecule has 2 atom stereocenters. The molecule has 3 rings (SSSR count). The van der Waals surface area contributed by atoms with Crippen LogP contribution >= 0.6 is 10.2 Å². The fourth-order valence-corrected chi connectivity index (χ4v) is 5.12. The Kier molecular flexibility index (Phi) is 6.25. The van der Waals surface area contributed by atoms with Gasteiger partial charge in [0, 0.05) is 20.3 Å². The first kappa shape index (κ1) is 27.2. The van der Waals surface area contributed by atoms with Gasteiger partial charge >= 0.3 is 16.3 Å². The predicted molar refractivity (Wildman–Crippen MR) is 122 cm³/mol. The van der Waals surface area contributed by atoms with Gasteiger partial charge in [0.25, 0.3) is 0 Å². The molecule has 0 aromatic heterocycles. The van der Waals surface area contributed by atoms with Crippen LogP contribution in [-0.2, 0) is 14.3 Å². The summed E-state index contributed by atoms with van der Waals surface area (Å²) < 4.78 is 76.8. The number of halogens is 5. The highest BCUT2D eigenvalue weighted by molar-refractivity contribution is 8.45. The van der Waals surface area contributed by atoms with Crippen LogP contribution in [-0.4, -0.2) is 54.3 Å². The van der Waals surface area contributed by atoms with E-state index in [0.29, 0.717) is 38.2 Å². The number of likely N-dealkylation sites (N-methyl/N-ethyl adjacent to an activating group) is 1. The van der Waals surface area contributed by atoms with Crippen molar-refractivity contribution >= 4 is 28.2 Å². The van der Waals surface area contributed by atoms with Crippen molar-refractivity contribution in [3.05, 3.63) is 29.8 Å². The molecule has 0 aliphatic carbocycles. The third-order valence-electron chi connectivity index (χ3n) is 6.19. The number of carbonyl (C=O) groups excluding carboxylic acids is 2. The molecule has 2 amide bonds. The molecule has 198 valence electrons. The summed E-state index contributed by atoms with van der Waals surface area (Å²) in [5, 5.41) is 3.14. The topological polar surface area (TPSA) is 80.2 Å².